The second kappa shape index (κ2) is 11.0. The second-order valence-corrected chi connectivity index (χ2v) is 5.75. The molecule has 0 fully saturated rings. The van der Waals surface area contributed by atoms with Crippen LogP contribution in [0.15, 0.2) is 53.5 Å². The Hall–Kier alpha value is -1.97. The zero-order valence-electron chi connectivity index (χ0n) is 15.1. The molecular formula is C19H23F3IN3O. The van der Waals surface area contributed by atoms with Crippen LogP contribution in [0.2, 0.25) is 0 Å². The van der Waals surface area contributed by atoms with Crippen LogP contribution in [0, 0.1) is 6.92 Å². The van der Waals surface area contributed by atoms with Crippen LogP contribution < -0.4 is 15.4 Å². The van der Waals surface area contributed by atoms with E-state index in [0.717, 1.165) is 5.56 Å². The molecule has 0 amide bonds. The van der Waals surface area contributed by atoms with Crippen molar-refractivity contribution in [2.24, 2.45) is 4.99 Å². The molecule has 0 heterocycles. The minimum Gasteiger partial charge on any atom is -0.484 e. The maximum atomic E-state index is 12.1. The molecule has 2 aromatic rings. The normalized spacial score (nSPS) is 11.5. The zero-order chi connectivity index (χ0) is 19.0. The van der Waals surface area contributed by atoms with Gasteiger partial charge in [-0.1, -0.05) is 36.4 Å². The molecular weight excluding hydrogens is 470 g/mol. The summed E-state index contributed by atoms with van der Waals surface area (Å²) >= 11 is 0. The SMILES string of the molecule is CN=C(NCc1ccc(OCC(F)(F)F)cc1)NCc1ccccc1C.I. The largest absolute Gasteiger partial charge is 0.484 e. The van der Waals surface area contributed by atoms with Crippen molar-refractivity contribution in [1.82, 2.24) is 10.6 Å². The molecule has 0 spiro atoms. The minimum atomic E-state index is -4.34. The number of nitrogens with one attached hydrogen (secondary N) is 2. The first-order valence-electron chi connectivity index (χ1n) is 8.15. The number of alkyl halides is 3. The summed E-state index contributed by atoms with van der Waals surface area (Å²) in [6.07, 6.45) is -4.34. The molecule has 0 bridgehead atoms. The molecule has 0 aromatic heterocycles. The lowest BCUT2D eigenvalue weighted by molar-refractivity contribution is -0.153. The van der Waals surface area contributed by atoms with E-state index in [1.165, 1.54) is 23.3 Å². The van der Waals surface area contributed by atoms with E-state index in [4.69, 9.17) is 0 Å². The summed E-state index contributed by atoms with van der Waals surface area (Å²) < 4.78 is 41.1. The Morgan fingerprint density at radius 1 is 1.00 bits per heavy atom. The summed E-state index contributed by atoms with van der Waals surface area (Å²) in [5.74, 6) is 0.832. The van der Waals surface area contributed by atoms with Gasteiger partial charge in [-0.05, 0) is 35.7 Å². The fraction of sp³-hybridized carbons (Fsp3) is 0.316. The highest BCUT2D eigenvalue weighted by molar-refractivity contribution is 14.0. The average Bonchev–Trinajstić information content (AvgIpc) is 2.62. The lowest BCUT2D eigenvalue weighted by Gasteiger charge is -2.13. The molecule has 8 heteroatoms. The summed E-state index contributed by atoms with van der Waals surface area (Å²) in [7, 11) is 1.68. The topological polar surface area (TPSA) is 45.7 Å². The molecule has 27 heavy (non-hydrogen) atoms. The third kappa shape index (κ3) is 8.51. The van der Waals surface area contributed by atoms with Crippen LogP contribution in [-0.4, -0.2) is 25.8 Å². The van der Waals surface area contributed by atoms with Gasteiger partial charge in [-0.15, -0.1) is 24.0 Å². The first kappa shape index (κ1) is 23.1. The van der Waals surface area contributed by atoms with Gasteiger partial charge in [0.05, 0.1) is 0 Å². The summed E-state index contributed by atoms with van der Waals surface area (Å²) in [6.45, 7) is 1.90. The average molecular weight is 493 g/mol. The number of nitrogens with zero attached hydrogens (tertiary/aromatic N) is 1. The van der Waals surface area contributed by atoms with Crippen molar-refractivity contribution in [3.05, 3.63) is 65.2 Å². The molecule has 2 N–H and O–H groups in total. The smallest absolute Gasteiger partial charge is 0.422 e. The Morgan fingerprint density at radius 2 is 1.63 bits per heavy atom. The maximum absolute atomic E-state index is 12.1. The standard InChI is InChI=1S/C19H22F3N3O.HI/c1-14-5-3-4-6-16(14)12-25-18(23-2)24-11-15-7-9-17(10-8-15)26-13-19(20,21)22;/h3-10H,11-13H2,1-2H3,(H2,23,24,25);1H. The molecule has 0 saturated carbocycles. The number of aryl methyl sites for hydroxylation is 1. The van der Waals surface area contributed by atoms with Gasteiger partial charge in [0.1, 0.15) is 5.75 Å². The van der Waals surface area contributed by atoms with Crippen LogP contribution in [0.1, 0.15) is 16.7 Å². The fourth-order valence-corrected chi connectivity index (χ4v) is 2.26. The Labute approximate surface area is 174 Å². The number of rotatable bonds is 6. The van der Waals surface area contributed by atoms with Gasteiger partial charge in [-0.3, -0.25) is 4.99 Å². The lowest BCUT2D eigenvalue weighted by Crippen LogP contribution is -2.36. The molecule has 0 aliphatic carbocycles. The molecule has 2 rings (SSSR count). The van der Waals surface area contributed by atoms with E-state index in [-0.39, 0.29) is 29.7 Å². The monoisotopic (exact) mass is 493 g/mol. The number of ether oxygens (including phenoxy) is 1. The molecule has 0 unspecified atom stereocenters. The predicted molar refractivity (Wildman–Crippen MR) is 112 cm³/mol. The molecule has 0 saturated heterocycles. The van der Waals surface area contributed by atoms with E-state index in [1.807, 2.05) is 12.1 Å². The summed E-state index contributed by atoms with van der Waals surface area (Å²) in [5.41, 5.74) is 3.29. The van der Waals surface area contributed by atoms with Crippen LogP contribution in [0.25, 0.3) is 0 Å². The number of hydrogen-bond acceptors (Lipinski definition) is 2. The van der Waals surface area contributed by atoms with E-state index < -0.39 is 12.8 Å². The Balaban J connectivity index is 0.00000364. The van der Waals surface area contributed by atoms with Crippen LogP contribution in [-0.2, 0) is 13.1 Å². The lowest BCUT2D eigenvalue weighted by atomic mass is 10.1. The molecule has 148 valence electrons. The Kier molecular flexibility index (Phi) is 9.40. The van der Waals surface area contributed by atoms with Crippen LogP contribution >= 0.6 is 24.0 Å². The minimum absolute atomic E-state index is 0. The summed E-state index contributed by atoms with van der Waals surface area (Å²) in [4.78, 5) is 4.17. The van der Waals surface area contributed by atoms with E-state index >= 15 is 0 Å². The molecule has 0 aliphatic rings. The highest BCUT2D eigenvalue weighted by Crippen LogP contribution is 2.18. The molecule has 4 nitrogen and oxygen atoms in total. The second-order valence-electron chi connectivity index (χ2n) is 5.75. The van der Waals surface area contributed by atoms with Crippen molar-refractivity contribution in [3.63, 3.8) is 0 Å². The van der Waals surface area contributed by atoms with Crippen LogP contribution in [0.4, 0.5) is 13.2 Å². The third-order valence-electron chi connectivity index (χ3n) is 3.72. The van der Waals surface area contributed by atoms with Gasteiger partial charge >= 0.3 is 6.18 Å². The Morgan fingerprint density at radius 3 is 2.22 bits per heavy atom. The number of guanidine groups is 1. The first-order chi connectivity index (χ1) is 12.4. The summed E-state index contributed by atoms with van der Waals surface area (Å²) in [6, 6.07) is 14.6. The maximum Gasteiger partial charge on any atom is 0.422 e. The predicted octanol–water partition coefficient (Wildman–Crippen LogP) is 4.42. The number of halogens is 4. The van der Waals surface area contributed by atoms with Crippen molar-refractivity contribution >= 4 is 29.9 Å². The van der Waals surface area contributed by atoms with Gasteiger partial charge in [-0.2, -0.15) is 13.2 Å². The molecule has 0 aliphatic heterocycles. The van der Waals surface area contributed by atoms with Crippen molar-refractivity contribution in [1.29, 1.82) is 0 Å². The Bertz CT molecular complexity index is 734. The van der Waals surface area contributed by atoms with Crippen LogP contribution in [0.3, 0.4) is 0 Å². The van der Waals surface area contributed by atoms with E-state index in [2.05, 4.69) is 39.4 Å². The highest BCUT2D eigenvalue weighted by Gasteiger charge is 2.28. The van der Waals surface area contributed by atoms with Crippen molar-refractivity contribution in [3.8, 4) is 5.75 Å². The van der Waals surface area contributed by atoms with Gasteiger partial charge in [0.15, 0.2) is 12.6 Å². The van der Waals surface area contributed by atoms with E-state index in [9.17, 15) is 13.2 Å². The van der Waals surface area contributed by atoms with Gasteiger partial charge in [-0.25, -0.2) is 0 Å². The first-order valence-corrected chi connectivity index (χ1v) is 8.15. The van der Waals surface area contributed by atoms with Gasteiger partial charge in [0, 0.05) is 20.1 Å². The third-order valence-corrected chi connectivity index (χ3v) is 3.72. The van der Waals surface area contributed by atoms with E-state index in [1.54, 1.807) is 19.2 Å². The zero-order valence-corrected chi connectivity index (χ0v) is 17.5. The van der Waals surface area contributed by atoms with Gasteiger partial charge in [0.2, 0.25) is 0 Å². The number of aliphatic imine (C=N–C) groups is 1. The van der Waals surface area contributed by atoms with Crippen molar-refractivity contribution < 1.29 is 17.9 Å². The van der Waals surface area contributed by atoms with Crippen LogP contribution in [0.5, 0.6) is 5.75 Å². The van der Waals surface area contributed by atoms with Crippen molar-refractivity contribution in [2.75, 3.05) is 13.7 Å². The van der Waals surface area contributed by atoms with Gasteiger partial charge in [0.25, 0.3) is 0 Å². The highest BCUT2D eigenvalue weighted by atomic mass is 127. The molecule has 0 atom stereocenters. The van der Waals surface area contributed by atoms with Gasteiger partial charge < -0.3 is 15.4 Å². The number of hydrogen-bond donors (Lipinski definition) is 2. The molecule has 0 radical (unpaired) electrons. The molecule has 2 aromatic carbocycles. The van der Waals surface area contributed by atoms with E-state index in [0.29, 0.717) is 19.0 Å². The van der Waals surface area contributed by atoms with Crippen molar-refractivity contribution in [2.45, 2.75) is 26.2 Å². The number of benzene rings is 2. The quantitative estimate of drug-likeness (QED) is 0.356. The summed E-state index contributed by atoms with van der Waals surface area (Å²) in [5, 5.41) is 6.40. The fourth-order valence-electron chi connectivity index (χ4n) is 2.26.